The summed E-state index contributed by atoms with van der Waals surface area (Å²) in [6.07, 6.45) is 9.56. The molecule has 0 aliphatic rings. The summed E-state index contributed by atoms with van der Waals surface area (Å²) in [5.74, 6) is 1.42. The van der Waals surface area contributed by atoms with E-state index in [1.807, 2.05) is 6.92 Å². The van der Waals surface area contributed by atoms with Gasteiger partial charge in [0.1, 0.15) is 0 Å². The molecule has 0 aliphatic heterocycles. The highest BCUT2D eigenvalue weighted by Crippen LogP contribution is 2.06. The molecule has 0 aromatic rings. The Morgan fingerprint density at radius 2 is 1.47 bits per heavy atom. The molecule has 0 heterocycles. The van der Waals surface area contributed by atoms with Crippen LogP contribution in [0.2, 0.25) is 0 Å². The summed E-state index contributed by atoms with van der Waals surface area (Å²) in [4.78, 5) is 11.1. The normalized spacial score (nSPS) is 12.3. The van der Waals surface area contributed by atoms with E-state index in [1.165, 1.54) is 32.1 Å². The Morgan fingerprint density at radius 3 is 2.11 bits per heavy atom. The van der Waals surface area contributed by atoms with Gasteiger partial charge < -0.3 is 4.74 Å². The Kier molecular flexibility index (Phi) is 13.8. The Balaban J connectivity index is 3.28. The summed E-state index contributed by atoms with van der Waals surface area (Å²) in [6, 6.07) is 0. The van der Waals surface area contributed by atoms with Crippen LogP contribution in [0.4, 0.5) is 0 Å². The van der Waals surface area contributed by atoms with Crippen LogP contribution in [0.1, 0.15) is 71.6 Å². The Morgan fingerprint density at radius 1 is 0.895 bits per heavy atom. The smallest absolute Gasteiger partial charge is 0.305 e. The van der Waals surface area contributed by atoms with E-state index in [4.69, 9.17) is 4.74 Å². The zero-order valence-electron chi connectivity index (χ0n) is 12.6. The molecule has 0 fully saturated rings. The summed E-state index contributed by atoms with van der Waals surface area (Å²) < 4.78 is 16.5. The van der Waals surface area contributed by atoms with Crippen LogP contribution < -0.4 is 0 Å². The first-order valence-electron chi connectivity index (χ1n) is 7.71. The zero-order valence-corrected chi connectivity index (χ0v) is 13.4. The number of hydrogen-bond acceptors (Lipinski definition) is 3. The van der Waals surface area contributed by atoms with Crippen molar-refractivity contribution in [2.75, 3.05) is 18.1 Å². The van der Waals surface area contributed by atoms with Gasteiger partial charge in [0.25, 0.3) is 0 Å². The fourth-order valence-corrected chi connectivity index (χ4v) is 3.17. The van der Waals surface area contributed by atoms with E-state index in [-0.39, 0.29) is 5.97 Å². The molecule has 3 nitrogen and oxygen atoms in total. The second-order valence-corrected chi connectivity index (χ2v) is 6.57. The van der Waals surface area contributed by atoms with E-state index in [9.17, 15) is 9.00 Å². The molecule has 0 saturated carbocycles. The maximum absolute atomic E-state index is 11.7. The second-order valence-electron chi connectivity index (χ2n) is 4.88. The van der Waals surface area contributed by atoms with Crippen LogP contribution in [0, 0.1) is 0 Å². The molecule has 1 atom stereocenters. The van der Waals surface area contributed by atoms with Gasteiger partial charge in [0.2, 0.25) is 0 Å². The van der Waals surface area contributed by atoms with Gasteiger partial charge in [-0.1, -0.05) is 39.0 Å². The van der Waals surface area contributed by atoms with Crippen molar-refractivity contribution in [2.24, 2.45) is 0 Å². The van der Waals surface area contributed by atoms with Crippen molar-refractivity contribution in [3.8, 4) is 0 Å². The lowest BCUT2D eigenvalue weighted by atomic mass is 10.1. The number of ether oxygens (including phenoxy) is 1. The SMILES string of the molecule is CCCCCCCC[S@@](=O)CCCCC(=O)OCC. The summed E-state index contributed by atoms with van der Waals surface area (Å²) in [5.41, 5.74) is 0. The molecule has 0 bridgehead atoms. The average molecular weight is 290 g/mol. The van der Waals surface area contributed by atoms with E-state index in [2.05, 4.69) is 6.92 Å². The molecular formula is C15H30O3S. The minimum atomic E-state index is -0.698. The molecular weight excluding hydrogens is 260 g/mol. The van der Waals surface area contributed by atoms with Crippen molar-refractivity contribution in [1.82, 2.24) is 0 Å². The molecule has 114 valence electrons. The molecule has 0 amide bonds. The van der Waals surface area contributed by atoms with Gasteiger partial charge in [0.15, 0.2) is 0 Å². The second kappa shape index (κ2) is 14.0. The van der Waals surface area contributed by atoms with Crippen molar-refractivity contribution in [3.05, 3.63) is 0 Å². The molecule has 0 unspecified atom stereocenters. The zero-order chi connectivity index (χ0) is 14.3. The van der Waals surface area contributed by atoms with Crippen molar-refractivity contribution in [2.45, 2.75) is 71.6 Å². The highest BCUT2D eigenvalue weighted by molar-refractivity contribution is 7.84. The van der Waals surface area contributed by atoms with Gasteiger partial charge in [-0.05, 0) is 26.2 Å². The maximum Gasteiger partial charge on any atom is 0.305 e. The third-order valence-electron chi connectivity index (χ3n) is 3.03. The predicted molar refractivity (Wildman–Crippen MR) is 81.7 cm³/mol. The van der Waals surface area contributed by atoms with Crippen molar-refractivity contribution in [1.29, 1.82) is 0 Å². The Hall–Kier alpha value is -0.380. The van der Waals surface area contributed by atoms with Crippen LogP contribution in [0.25, 0.3) is 0 Å². The highest BCUT2D eigenvalue weighted by Gasteiger charge is 2.03. The number of hydrogen-bond donors (Lipinski definition) is 0. The Labute approximate surface area is 120 Å². The number of unbranched alkanes of at least 4 members (excludes halogenated alkanes) is 6. The van der Waals surface area contributed by atoms with E-state index in [1.54, 1.807) is 0 Å². The van der Waals surface area contributed by atoms with E-state index >= 15 is 0 Å². The van der Waals surface area contributed by atoms with Crippen molar-refractivity contribution < 1.29 is 13.7 Å². The minimum Gasteiger partial charge on any atom is -0.466 e. The summed E-state index contributed by atoms with van der Waals surface area (Å²) in [6.45, 7) is 4.47. The lowest BCUT2D eigenvalue weighted by Gasteiger charge is -2.03. The van der Waals surface area contributed by atoms with E-state index in [0.717, 1.165) is 30.8 Å². The molecule has 0 spiro atoms. The summed E-state index contributed by atoms with van der Waals surface area (Å²) in [7, 11) is -0.698. The first-order chi connectivity index (χ1) is 9.20. The molecule has 0 aliphatic carbocycles. The first-order valence-corrected chi connectivity index (χ1v) is 9.20. The third-order valence-corrected chi connectivity index (χ3v) is 4.52. The predicted octanol–water partition coefficient (Wildman–Crippen LogP) is 3.83. The van der Waals surface area contributed by atoms with Crippen molar-refractivity contribution in [3.63, 3.8) is 0 Å². The molecule has 0 N–H and O–H groups in total. The number of rotatable bonds is 13. The van der Waals surface area contributed by atoms with Crippen LogP contribution in [-0.4, -0.2) is 28.3 Å². The van der Waals surface area contributed by atoms with E-state index < -0.39 is 10.8 Å². The highest BCUT2D eigenvalue weighted by atomic mass is 32.2. The topological polar surface area (TPSA) is 43.4 Å². The maximum atomic E-state index is 11.7. The standard InChI is InChI=1S/C15H30O3S/c1-3-5-6-7-8-10-13-19(17)14-11-9-12-15(16)18-4-2/h3-14H2,1-2H3/t19-/m1/s1. The molecule has 4 heteroatoms. The third kappa shape index (κ3) is 13.8. The van der Waals surface area contributed by atoms with Crippen molar-refractivity contribution >= 4 is 16.8 Å². The molecule has 19 heavy (non-hydrogen) atoms. The fraction of sp³-hybridized carbons (Fsp3) is 0.933. The lowest BCUT2D eigenvalue weighted by Crippen LogP contribution is -2.06. The minimum absolute atomic E-state index is 0.135. The van der Waals surface area contributed by atoms with Crippen LogP contribution >= 0.6 is 0 Å². The van der Waals surface area contributed by atoms with Gasteiger partial charge in [-0.15, -0.1) is 0 Å². The van der Waals surface area contributed by atoms with Gasteiger partial charge in [0, 0.05) is 28.7 Å². The molecule has 0 saturated heterocycles. The number of carbonyl (C=O) groups is 1. The van der Waals surface area contributed by atoms with Crippen LogP contribution in [0.15, 0.2) is 0 Å². The van der Waals surface area contributed by atoms with Gasteiger partial charge >= 0.3 is 5.97 Å². The monoisotopic (exact) mass is 290 g/mol. The van der Waals surface area contributed by atoms with Gasteiger partial charge in [0.05, 0.1) is 6.61 Å². The van der Waals surface area contributed by atoms with Crippen LogP contribution in [-0.2, 0) is 20.3 Å². The number of esters is 1. The molecule has 0 aromatic carbocycles. The van der Waals surface area contributed by atoms with Crippen LogP contribution in [0.5, 0.6) is 0 Å². The first kappa shape index (κ1) is 18.6. The molecule has 0 aromatic heterocycles. The van der Waals surface area contributed by atoms with Crippen LogP contribution in [0.3, 0.4) is 0 Å². The summed E-state index contributed by atoms with van der Waals surface area (Å²) >= 11 is 0. The van der Waals surface area contributed by atoms with E-state index in [0.29, 0.717) is 13.0 Å². The molecule has 0 radical (unpaired) electrons. The van der Waals surface area contributed by atoms with Gasteiger partial charge in [-0.3, -0.25) is 9.00 Å². The quantitative estimate of drug-likeness (QED) is 0.382. The fourth-order valence-electron chi connectivity index (χ4n) is 1.91. The average Bonchev–Trinajstić information content (AvgIpc) is 2.39. The molecule has 0 rings (SSSR count). The summed E-state index contributed by atoms with van der Waals surface area (Å²) in [5, 5.41) is 0. The van der Waals surface area contributed by atoms with Gasteiger partial charge in [-0.25, -0.2) is 0 Å². The largest absolute Gasteiger partial charge is 0.466 e. The number of carbonyl (C=O) groups excluding carboxylic acids is 1. The van der Waals surface area contributed by atoms with Gasteiger partial charge in [-0.2, -0.15) is 0 Å². The lowest BCUT2D eigenvalue weighted by molar-refractivity contribution is -0.143. The Bertz CT molecular complexity index is 242.